The molecule has 13 heavy (non-hydrogen) atoms. The number of nitrogens with one attached hydrogen (secondary N) is 1. The molecule has 0 heterocycles. The molecule has 0 aromatic heterocycles. The summed E-state index contributed by atoms with van der Waals surface area (Å²) in [6, 6.07) is 0. The Morgan fingerprint density at radius 3 is 2.23 bits per heavy atom. The average molecular weight is 183 g/mol. The average Bonchev–Trinajstić information content (AvgIpc) is 2.02. The predicted molar refractivity (Wildman–Crippen MR) is 52.0 cm³/mol. The smallest absolute Gasteiger partial charge is 0.252 e. The normalized spacial score (nSPS) is 15.7. The van der Waals surface area contributed by atoms with Gasteiger partial charge in [0, 0.05) is 0 Å². The Morgan fingerprint density at radius 2 is 2.00 bits per heavy atom. The van der Waals surface area contributed by atoms with E-state index in [1.165, 1.54) is 13.8 Å². The second kappa shape index (κ2) is 3.80. The SMILES string of the molecule is C#CC(C)(CC)NC(=O)C(C)(C)O. The van der Waals surface area contributed by atoms with Crippen LogP contribution in [0, 0.1) is 12.3 Å². The largest absolute Gasteiger partial charge is 0.381 e. The van der Waals surface area contributed by atoms with Crippen molar-refractivity contribution in [3.8, 4) is 12.3 Å². The van der Waals surface area contributed by atoms with Gasteiger partial charge in [-0.1, -0.05) is 12.8 Å². The van der Waals surface area contributed by atoms with Crippen molar-refractivity contribution in [2.75, 3.05) is 0 Å². The van der Waals surface area contributed by atoms with Gasteiger partial charge in [0.25, 0.3) is 5.91 Å². The monoisotopic (exact) mass is 183 g/mol. The van der Waals surface area contributed by atoms with E-state index in [1.54, 1.807) is 6.92 Å². The molecule has 1 unspecified atom stereocenters. The van der Waals surface area contributed by atoms with E-state index in [9.17, 15) is 9.90 Å². The van der Waals surface area contributed by atoms with Crippen LogP contribution >= 0.6 is 0 Å². The molecule has 0 aliphatic carbocycles. The van der Waals surface area contributed by atoms with E-state index in [0.717, 1.165) is 0 Å². The summed E-state index contributed by atoms with van der Waals surface area (Å²) in [5.41, 5.74) is -2.05. The van der Waals surface area contributed by atoms with Crippen molar-refractivity contribution in [3.63, 3.8) is 0 Å². The molecular weight excluding hydrogens is 166 g/mol. The molecular formula is C10H17NO2. The number of carbonyl (C=O) groups excluding carboxylic acids is 1. The van der Waals surface area contributed by atoms with Gasteiger partial charge < -0.3 is 10.4 Å². The van der Waals surface area contributed by atoms with Gasteiger partial charge in [-0.3, -0.25) is 4.79 Å². The highest BCUT2D eigenvalue weighted by molar-refractivity contribution is 5.84. The number of carbonyl (C=O) groups is 1. The van der Waals surface area contributed by atoms with Gasteiger partial charge in [-0.15, -0.1) is 6.42 Å². The summed E-state index contributed by atoms with van der Waals surface area (Å²) in [7, 11) is 0. The molecule has 0 radical (unpaired) electrons. The molecule has 2 N–H and O–H groups in total. The fourth-order valence-electron chi connectivity index (χ4n) is 0.630. The number of rotatable bonds is 3. The van der Waals surface area contributed by atoms with Gasteiger partial charge in [0.05, 0.1) is 5.54 Å². The molecule has 0 saturated heterocycles. The lowest BCUT2D eigenvalue weighted by atomic mass is 9.98. The molecule has 0 fully saturated rings. The summed E-state index contributed by atoms with van der Waals surface area (Å²) in [6.07, 6.45) is 5.89. The molecule has 1 atom stereocenters. The summed E-state index contributed by atoms with van der Waals surface area (Å²) in [4.78, 5) is 11.3. The van der Waals surface area contributed by atoms with Crippen LogP contribution < -0.4 is 5.32 Å². The summed E-state index contributed by atoms with van der Waals surface area (Å²) in [5, 5.41) is 12.0. The third kappa shape index (κ3) is 3.47. The van der Waals surface area contributed by atoms with Crippen LogP contribution in [-0.2, 0) is 4.79 Å². The maximum absolute atomic E-state index is 11.3. The molecule has 0 aromatic carbocycles. The Balaban J connectivity index is 4.47. The molecule has 0 aromatic rings. The van der Waals surface area contributed by atoms with Crippen molar-refractivity contribution in [2.45, 2.75) is 45.3 Å². The Labute approximate surface area is 79.5 Å². The molecule has 0 bridgehead atoms. The van der Waals surface area contributed by atoms with Crippen LogP contribution in [0.5, 0.6) is 0 Å². The van der Waals surface area contributed by atoms with Gasteiger partial charge in [0.15, 0.2) is 0 Å². The van der Waals surface area contributed by atoms with E-state index in [2.05, 4.69) is 11.2 Å². The van der Waals surface area contributed by atoms with Crippen LogP contribution in [0.15, 0.2) is 0 Å². The topological polar surface area (TPSA) is 49.3 Å². The highest BCUT2D eigenvalue weighted by Crippen LogP contribution is 2.10. The minimum absolute atomic E-state index is 0.449. The maximum Gasteiger partial charge on any atom is 0.252 e. The predicted octanol–water partition coefficient (Wildman–Crippen LogP) is 0.675. The summed E-state index contributed by atoms with van der Waals surface area (Å²) in [6.45, 7) is 6.48. The third-order valence-corrected chi connectivity index (χ3v) is 1.97. The van der Waals surface area contributed by atoms with E-state index in [-0.39, 0.29) is 0 Å². The van der Waals surface area contributed by atoms with Gasteiger partial charge in [0.1, 0.15) is 5.60 Å². The number of terminal acetylenes is 1. The molecule has 3 nitrogen and oxygen atoms in total. The fraction of sp³-hybridized carbons (Fsp3) is 0.700. The second-order valence-electron chi connectivity index (χ2n) is 3.84. The Kier molecular flexibility index (Phi) is 3.50. The van der Waals surface area contributed by atoms with Crippen LogP contribution in [0.2, 0.25) is 0 Å². The highest BCUT2D eigenvalue weighted by atomic mass is 16.3. The lowest BCUT2D eigenvalue weighted by Gasteiger charge is -2.27. The number of amides is 1. The molecule has 0 aliphatic rings. The van der Waals surface area contributed by atoms with Gasteiger partial charge in [-0.05, 0) is 27.2 Å². The van der Waals surface area contributed by atoms with E-state index in [1.807, 2.05) is 6.92 Å². The zero-order chi connectivity index (χ0) is 10.7. The Hall–Kier alpha value is -1.01. The first-order valence-electron chi connectivity index (χ1n) is 4.28. The third-order valence-electron chi connectivity index (χ3n) is 1.97. The van der Waals surface area contributed by atoms with Crippen molar-refractivity contribution in [1.29, 1.82) is 0 Å². The Morgan fingerprint density at radius 1 is 1.54 bits per heavy atom. The quantitative estimate of drug-likeness (QED) is 0.632. The fourth-order valence-corrected chi connectivity index (χ4v) is 0.630. The molecule has 3 heteroatoms. The van der Waals surface area contributed by atoms with Gasteiger partial charge in [-0.2, -0.15) is 0 Å². The van der Waals surface area contributed by atoms with Crippen molar-refractivity contribution >= 4 is 5.91 Å². The molecule has 0 spiro atoms. The second-order valence-corrected chi connectivity index (χ2v) is 3.84. The molecule has 74 valence electrons. The first-order valence-corrected chi connectivity index (χ1v) is 4.28. The zero-order valence-corrected chi connectivity index (χ0v) is 8.64. The minimum atomic E-state index is -1.38. The molecule has 0 rings (SSSR count). The van der Waals surface area contributed by atoms with E-state index >= 15 is 0 Å². The first-order chi connectivity index (χ1) is 5.75. The number of hydrogen-bond donors (Lipinski definition) is 2. The van der Waals surface area contributed by atoms with Crippen molar-refractivity contribution < 1.29 is 9.90 Å². The minimum Gasteiger partial charge on any atom is -0.381 e. The van der Waals surface area contributed by atoms with Crippen LogP contribution in [-0.4, -0.2) is 22.2 Å². The maximum atomic E-state index is 11.3. The summed E-state index contributed by atoms with van der Waals surface area (Å²) >= 11 is 0. The number of hydrogen-bond acceptors (Lipinski definition) is 2. The van der Waals surface area contributed by atoms with Crippen LogP contribution in [0.3, 0.4) is 0 Å². The lowest BCUT2D eigenvalue weighted by Crippen LogP contribution is -2.52. The van der Waals surface area contributed by atoms with Gasteiger partial charge >= 0.3 is 0 Å². The van der Waals surface area contributed by atoms with Gasteiger partial charge in [-0.25, -0.2) is 0 Å². The van der Waals surface area contributed by atoms with E-state index in [4.69, 9.17) is 6.42 Å². The zero-order valence-electron chi connectivity index (χ0n) is 8.64. The van der Waals surface area contributed by atoms with Crippen LogP contribution in [0.25, 0.3) is 0 Å². The first kappa shape index (κ1) is 12.0. The van der Waals surface area contributed by atoms with Crippen molar-refractivity contribution in [2.24, 2.45) is 0 Å². The van der Waals surface area contributed by atoms with E-state index in [0.29, 0.717) is 6.42 Å². The van der Waals surface area contributed by atoms with Crippen LogP contribution in [0.4, 0.5) is 0 Å². The highest BCUT2D eigenvalue weighted by Gasteiger charge is 2.29. The molecule has 0 aliphatic heterocycles. The lowest BCUT2D eigenvalue weighted by molar-refractivity contribution is -0.137. The van der Waals surface area contributed by atoms with Gasteiger partial charge in [0.2, 0.25) is 0 Å². The molecule has 1 amide bonds. The summed E-state index contributed by atoms with van der Waals surface area (Å²) in [5.74, 6) is 2.04. The van der Waals surface area contributed by atoms with Crippen molar-refractivity contribution in [1.82, 2.24) is 5.32 Å². The number of aliphatic hydroxyl groups is 1. The summed E-state index contributed by atoms with van der Waals surface area (Å²) < 4.78 is 0. The standard InChI is InChI=1S/C10H17NO2/c1-6-10(5,7-2)11-8(12)9(3,4)13/h1,13H,7H2,2-5H3,(H,11,12). The Bertz CT molecular complexity index is 234. The molecule has 0 saturated carbocycles. The van der Waals surface area contributed by atoms with Crippen molar-refractivity contribution in [3.05, 3.63) is 0 Å². The van der Waals surface area contributed by atoms with Crippen LogP contribution in [0.1, 0.15) is 34.1 Å². The van der Waals surface area contributed by atoms with E-state index < -0.39 is 17.0 Å².